The topological polar surface area (TPSA) is 46.3 Å². The maximum atomic E-state index is 12.2. The van der Waals surface area contributed by atoms with Crippen LogP contribution in [0.25, 0.3) is 0 Å². The van der Waals surface area contributed by atoms with Crippen molar-refractivity contribution in [3.63, 3.8) is 0 Å². The molecule has 2 N–H and O–H groups in total. The average Bonchev–Trinajstić information content (AvgIpc) is 2.96. The Morgan fingerprint density at radius 2 is 2.07 bits per heavy atom. The zero-order chi connectivity index (χ0) is 11.6. The predicted molar refractivity (Wildman–Crippen MR) is 62.5 cm³/mol. The highest BCUT2D eigenvalue weighted by Crippen LogP contribution is 2.29. The molecule has 0 saturated heterocycles. The van der Waals surface area contributed by atoms with Crippen LogP contribution in [0.3, 0.4) is 0 Å². The summed E-state index contributed by atoms with van der Waals surface area (Å²) in [7, 11) is 0. The maximum absolute atomic E-state index is 12.2. The number of carbonyl (C=O) groups is 1. The average molecular weight is 212 g/mol. The van der Waals surface area contributed by atoms with E-state index in [1.54, 1.807) is 0 Å². The molecule has 0 aromatic heterocycles. The minimum absolute atomic E-state index is 0.126. The van der Waals surface area contributed by atoms with Gasteiger partial charge in [-0.25, -0.2) is 0 Å². The van der Waals surface area contributed by atoms with Crippen molar-refractivity contribution >= 4 is 5.91 Å². The summed E-state index contributed by atoms with van der Waals surface area (Å²) in [6.45, 7) is 8.94. The second kappa shape index (κ2) is 4.52. The molecule has 0 aromatic rings. The van der Waals surface area contributed by atoms with E-state index in [4.69, 9.17) is 5.73 Å². The fraction of sp³-hybridized carbons (Fsp3) is 0.917. The van der Waals surface area contributed by atoms with E-state index in [-0.39, 0.29) is 5.91 Å². The lowest BCUT2D eigenvalue weighted by Gasteiger charge is -2.32. The summed E-state index contributed by atoms with van der Waals surface area (Å²) in [5, 5.41) is 0. The number of rotatable bonds is 5. The van der Waals surface area contributed by atoms with E-state index < -0.39 is 5.54 Å². The third kappa shape index (κ3) is 3.20. The quantitative estimate of drug-likeness (QED) is 0.755. The molecule has 1 saturated carbocycles. The van der Waals surface area contributed by atoms with Crippen molar-refractivity contribution in [1.29, 1.82) is 0 Å². The first-order chi connectivity index (χ1) is 6.88. The Balaban J connectivity index is 2.67. The van der Waals surface area contributed by atoms with Crippen LogP contribution in [-0.4, -0.2) is 28.9 Å². The molecule has 1 aliphatic rings. The van der Waals surface area contributed by atoms with Gasteiger partial charge in [0.15, 0.2) is 0 Å². The lowest BCUT2D eigenvalue weighted by atomic mass is 9.98. The van der Waals surface area contributed by atoms with Gasteiger partial charge in [0.2, 0.25) is 5.91 Å². The minimum atomic E-state index is -0.683. The van der Waals surface area contributed by atoms with E-state index in [0.717, 1.165) is 19.4 Å². The Labute approximate surface area is 93.0 Å². The van der Waals surface area contributed by atoms with Gasteiger partial charge in [-0.1, -0.05) is 20.8 Å². The van der Waals surface area contributed by atoms with Crippen molar-refractivity contribution in [2.75, 3.05) is 6.54 Å². The number of amides is 1. The van der Waals surface area contributed by atoms with E-state index in [9.17, 15) is 4.79 Å². The zero-order valence-electron chi connectivity index (χ0n) is 10.4. The molecule has 0 heterocycles. The zero-order valence-corrected chi connectivity index (χ0v) is 10.4. The lowest BCUT2D eigenvalue weighted by molar-refractivity contribution is -0.137. The standard InChI is InChI=1S/C12H24N2O/c1-5-12(4,13)11(15)14(8-9(2)3)10-6-7-10/h9-10H,5-8,13H2,1-4H3. The Morgan fingerprint density at radius 1 is 1.53 bits per heavy atom. The van der Waals surface area contributed by atoms with Crippen molar-refractivity contribution in [2.45, 2.75) is 58.5 Å². The van der Waals surface area contributed by atoms with Gasteiger partial charge in [-0.05, 0) is 32.1 Å². The summed E-state index contributed by atoms with van der Waals surface area (Å²) in [5.74, 6) is 0.642. The summed E-state index contributed by atoms with van der Waals surface area (Å²) in [5.41, 5.74) is 5.33. The Kier molecular flexibility index (Phi) is 3.77. The molecule has 0 spiro atoms. The van der Waals surface area contributed by atoms with E-state index in [0.29, 0.717) is 18.4 Å². The molecule has 0 aromatic carbocycles. The van der Waals surface area contributed by atoms with Crippen molar-refractivity contribution in [3.05, 3.63) is 0 Å². The van der Waals surface area contributed by atoms with E-state index >= 15 is 0 Å². The Morgan fingerprint density at radius 3 is 2.40 bits per heavy atom. The van der Waals surface area contributed by atoms with Crippen molar-refractivity contribution in [3.8, 4) is 0 Å². The summed E-state index contributed by atoms with van der Waals surface area (Å²) in [6.07, 6.45) is 3.00. The smallest absolute Gasteiger partial charge is 0.242 e. The highest BCUT2D eigenvalue weighted by atomic mass is 16.2. The van der Waals surface area contributed by atoms with Crippen LogP contribution in [0.1, 0.15) is 47.0 Å². The fourth-order valence-electron chi connectivity index (χ4n) is 1.66. The van der Waals surface area contributed by atoms with Crippen LogP contribution in [0.15, 0.2) is 0 Å². The van der Waals surface area contributed by atoms with E-state index in [1.165, 1.54) is 0 Å². The molecule has 1 aliphatic carbocycles. The third-order valence-electron chi connectivity index (χ3n) is 3.03. The highest BCUT2D eigenvalue weighted by molar-refractivity contribution is 5.86. The molecule has 88 valence electrons. The van der Waals surface area contributed by atoms with Crippen LogP contribution in [0, 0.1) is 5.92 Å². The van der Waals surface area contributed by atoms with Crippen molar-refractivity contribution < 1.29 is 4.79 Å². The number of carbonyl (C=O) groups excluding carboxylic acids is 1. The Hall–Kier alpha value is -0.570. The second-order valence-electron chi connectivity index (χ2n) is 5.35. The SMILES string of the molecule is CCC(C)(N)C(=O)N(CC(C)C)C1CC1. The number of hydrogen-bond acceptors (Lipinski definition) is 2. The highest BCUT2D eigenvalue weighted by Gasteiger charge is 2.39. The van der Waals surface area contributed by atoms with Gasteiger partial charge >= 0.3 is 0 Å². The summed E-state index contributed by atoms with van der Waals surface area (Å²) in [4.78, 5) is 14.2. The van der Waals surface area contributed by atoms with Crippen LogP contribution in [0.5, 0.6) is 0 Å². The van der Waals surface area contributed by atoms with Crippen LogP contribution < -0.4 is 5.73 Å². The molecule has 1 amide bonds. The van der Waals surface area contributed by atoms with E-state index in [2.05, 4.69) is 13.8 Å². The van der Waals surface area contributed by atoms with E-state index in [1.807, 2.05) is 18.7 Å². The molecular formula is C12H24N2O. The molecule has 0 aliphatic heterocycles. The van der Waals surface area contributed by atoms with Gasteiger partial charge in [0.25, 0.3) is 0 Å². The third-order valence-corrected chi connectivity index (χ3v) is 3.03. The molecule has 3 heteroatoms. The number of nitrogens with two attached hydrogens (primary N) is 1. The van der Waals surface area contributed by atoms with Gasteiger partial charge in [0, 0.05) is 12.6 Å². The van der Waals surface area contributed by atoms with Gasteiger partial charge in [-0.3, -0.25) is 4.79 Å². The molecule has 0 radical (unpaired) electrons. The van der Waals surface area contributed by atoms with Gasteiger partial charge < -0.3 is 10.6 Å². The van der Waals surface area contributed by atoms with Crippen molar-refractivity contribution in [2.24, 2.45) is 11.7 Å². The second-order valence-corrected chi connectivity index (χ2v) is 5.35. The first-order valence-corrected chi connectivity index (χ1v) is 5.98. The van der Waals surface area contributed by atoms with Crippen molar-refractivity contribution in [1.82, 2.24) is 4.90 Å². The van der Waals surface area contributed by atoms with Crippen LogP contribution in [-0.2, 0) is 4.79 Å². The van der Waals surface area contributed by atoms with Gasteiger partial charge in [0.05, 0.1) is 5.54 Å². The number of hydrogen-bond donors (Lipinski definition) is 1. The number of nitrogens with zero attached hydrogens (tertiary/aromatic N) is 1. The molecule has 15 heavy (non-hydrogen) atoms. The predicted octanol–water partition coefficient (Wildman–Crippen LogP) is 1.76. The molecule has 3 nitrogen and oxygen atoms in total. The fourth-order valence-corrected chi connectivity index (χ4v) is 1.66. The summed E-state index contributed by atoms with van der Waals surface area (Å²) < 4.78 is 0. The first-order valence-electron chi connectivity index (χ1n) is 5.98. The largest absolute Gasteiger partial charge is 0.338 e. The summed E-state index contributed by atoms with van der Waals surface area (Å²) >= 11 is 0. The lowest BCUT2D eigenvalue weighted by Crippen LogP contribution is -2.54. The van der Waals surface area contributed by atoms with Crippen LogP contribution in [0.4, 0.5) is 0 Å². The Bertz CT molecular complexity index is 232. The minimum Gasteiger partial charge on any atom is -0.338 e. The summed E-state index contributed by atoms with van der Waals surface area (Å²) in [6, 6.07) is 0.467. The molecular weight excluding hydrogens is 188 g/mol. The molecule has 1 rings (SSSR count). The van der Waals surface area contributed by atoms with Crippen LogP contribution in [0.2, 0.25) is 0 Å². The monoisotopic (exact) mass is 212 g/mol. The van der Waals surface area contributed by atoms with Gasteiger partial charge in [-0.15, -0.1) is 0 Å². The normalized spacial score (nSPS) is 20.1. The molecule has 0 bridgehead atoms. The van der Waals surface area contributed by atoms with Gasteiger partial charge in [0.1, 0.15) is 0 Å². The molecule has 1 atom stereocenters. The van der Waals surface area contributed by atoms with Crippen LogP contribution >= 0.6 is 0 Å². The molecule has 1 fully saturated rings. The maximum Gasteiger partial charge on any atom is 0.242 e. The first kappa shape index (κ1) is 12.5. The van der Waals surface area contributed by atoms with Gasteiger partial charge in [-0.2, -0.15) is 0 Å². The molecule has 1 unspecified atom stereocenters.